The molecule has 102 valence electrons. The summed E-state index contributed by atoms with van der Waals surface area (Å²) in [5.74, 6) is 0.438. The number of carbonyl (C=O) groups excluding carboxylic acids is 1. The van der Waals surface area contributed by atoms with E-state index in [9.17, 15) is 9.18 Å². The van der Waals surface area contributed by atoms with Crippen molar-refractivity contribution in [2.75, 3.05) is 0 Å². The van der Waals surface area contributed by atoms with E-state index in [0.717, 1.165) is 11.1 Å². The minimum Gasteiger partial charge on any atom is -0.484 e. The first-order valence-electron chi connectivity index (χ1n) is 6.61. The van der Waals surface area contributed by atoms with E-state index in [2.05, 4.69) is 0 Å². The Balaban J connectivity index is 1.97. The van der Waals surface area contributed by atoms with Gasteiger partial charge in [-0.3, -0.25) is 4.79 Å². The minimum absolute atomic E-state index is 0.0712. The third kappa shape index (κ3) is 2.20. The molecule has 2 aromatic carbocycles. The second-order valence-electron chi connectivity index (χ2n) is 5.24. The molecule has 0 aliphatic carbocycles. The van der Waals surface area contributed by atoms with Gasteiger partial charge < -0.3 is 4.74 Å². The maximum absolute atomic E-state index is 13.3. The molecule has 2 nitrogen and oxygen atoms in total. The van der Waals surface area contributed by atoms with Crippen molar-refractivity contribution in [3.05, 3.63) is 64.5 Å². The normalized spacial score (nSPS) is 17.6. The monoisotopic (exact) mass is 270 g/mol. The molecule has 0 spiro atoms. The lowest BCUT2D eigenvalue weighted by Crippen LogP contribution is -2.20. The fourth-order valence-electron chi connectivity index (χ4n) is 2.49. The summed E-state index contributed by atoms with van der Waals surface area (Å²) >= 11 is 0. The Morgan fingerprint density at radius 2 is 1.95 bits per heavy atom. The Morgan fingerprint density at radius 3 is 2.70 bits per heavy atom. The van der Waals surface area contributed by atoms with Gasteiger partial charge in [0.05, 0.1) is 12.0 Å². The Morgan fingerprint density at radius 1 is 1.15 bits per heavy atom. The van der Waals surface area contributed by atoms with E-state index >= 15 is 0 Å². The molecule has 0 N–H and O–H groups in total. The number of hydrogen-bond donors (Lipinski definition) is 0. The first-order valence-corrected chi connectivity index (χ1v) is 6.61. The van der Waals surface area contributed by atoms with Gasteiger partial charge in [-0.2, -0.15) is 0 Å². The first-order chi connectivity index (χ1) is 9.54. The molecule has 0 aromatic heterocycles. The highest BCUT2D eigenvalue weighted by Gasteiger charge is 2.27. The van der Waals surface area contributed by atoms with E-state index in [4.69, 9.17) is 4.74 Å². The number of aryl methyl sites for hydroxylation is 2. The number of benzene rings is 2. The van der Waals surface area contributed by atoms with Crippen LogP contribution in [0, 0.1) is 19.7 Å². The highest BCUT2D eigenvalue weighted by Crippen LogP contribution is 2.35. The number of ketones is 1. The van der Waals surface area contributed by atoms with Crippen molar-refractivity contribution < 1.29 is 13.9 Å². The maximum atomic E-state index is 13.3. The molecule has 1 aliphatic rings. The van der Waals surface area contributed by atoms with Gasteiger partial charge in [0.15, 0.2) is 5.78 Å². The van der Waals surface area contributed by atoms with Gasteiger partial charge in [0, 0.05) is 0 Å². The topological polar surface area (TPSA) is 26.3 Å². The van der Waals surface area contributed by atoms with Crippen molar-refractivity contribution in [1.29, 1.82) is 0 Å². The zero-order chi connectivity index (χ0) is 14.3. The molecule has 1 aliphatic heterocycles. The molecule has 2 aromatic rings. The average Bonchev–Trinajstić information content (AvgIpc) is 2.42. The molecule has 0 bridgehead atoms. The van der Waals surface area contributed by atoms with E-state index in [-0.39, 0.29) is 17.7 Å². The Hall–Kier alpha value is -2.16. The van der Waals surface area contributed by atoms with Gasteiger partial charge in [-0.15, -0.1) is 0 Å². The van der Waals surface area contributed by atoms with Gasteiger partial charge in [0.2, 0.25) is 0 Å². The van der Waals surface area contributed by atoms with Crippen molar-refractivity contribution in [3.63, 3.8) is 0 Å². The summed E-state index contributed by atoms with van der Waals surface area (Å²) in [6.07, 6.45) is -0.0429. The Kier molecular flexibility index (Phi) is 3.05. The number of halogens is 1. The molecule has 20 heavy (non-hydrogen) atoms. The van der Waals surface area contributed by atoms with Gasteiger partial charge >= 0.3 is 0 Å². The predicted molar refractivity (Wildman–Crippen MR) is 74.6 cm³/mol. The summed E-state index contributed by atoms with van der Waals surface area (Å²) in [6.45, 7) is 3.66. The van der Waals surface area contributed by atoms with Crippen LogP contribution in [0.2, 0.25) is 0 Å². The van der Waals surface area contributed by atoms with Crippen LogP contribution in [-0.4, -0.2) is 5.78 Å². The van der Waals surface area contributed by atoms with E-state index in [1.165, 1.54) is 6.07 Å². The van der Waals surface area contributed by atoms with Gasteiger partial charge in [-0.1, -0.05) is 17.7 Å². The lowest BCUT2D eigenvalue weighted by molar-refractivity contribution is 0.0850. The molecule has 0 amide bonds. The molecule has 3 heteroatoms. The molecule has 0 radical (unpaired) electrons. The number of fused-ring (bicyclic) bond motifs is 1. The fraction of sp³-hybridized carbons (Fsp3) is 0.235. The van der Waals surface area contributed by atoms with E-state index in [0.29, 0.717) is 23.3 Å². The molecule has 1 unspecified atom stereocenters. The van der Waals surface area contributed by atoms with Crippen LogP contribution in [0.15, 0.2) is 36.4 Å². The molecule has 0 saturated heterocycles. The third-order valence-corrected chi connectivity index (χ3v) is 3.63. The summed E-state index contributed by atoms with van der Waals surface area (Å²) < 4.78 is 19.2. The molecular formula is C17H15FO2. The van der Waals surface area contributed by atoms with Crippen LogP contribution >= 0.6 is 0 Å². The lowest BCUT2D eigenvalue weighted by Gasteiger charge is -2.26. The predicted octanol–water partition coefficient (Wildman–Crippen LogP) is 4.15. The highest BCUT2D eigenvalue weighted by atomic mass is 19.1. The van der Waals surface area contributed by atoms with Gasteiger partial charge in [0.25, 0.3) is 0 Å². The summed E-state index contributed by atoms with van der Waals surface area (Å²) in [5.41, 5.74) is 3.08. The fourth-order valence-corrected chi connectivity index (χ4v) is 2.49. The second kappa shape index (κ2) is 4.75. The molecule has 0 fully saturated rings. The molecule has 0 saturated carbocycles. The maximum Gasteiger partial charge on any atom is 0.170 e. The van der Waals surface area contributed by atoms with Crippen LogP contribution in [0.4, 0.5) is 4.39 Å². The number of Topliss-reactive ketones (excluding diaryl/α,β-unsaturated/α-hetero) is 1. The standard InChI is InChI=1S/C17H15FO2/c1-10-3-6-16-13(7-10)15(19)9-17(20-16)12-4-5-14(18)11(2)8-12/h3-8,17H,9H2,1-2H3. The molecular weight excluding hydrogens is 255 g/mol. The SMILES string of the molecule is Cc1ccc2c(c1)C(=O)CC(c1ccc(F)c(C)c1)O2. The van der Waals surface area contributed by atoms with Crippen LogP contribution in [0.1, 0.15) is 39.6 Å². The van der Waals surface area contributed by atoms with Crippen LogP contribution < -0.4 is 4.74 Å². The number of hydrogen-bond acceptors (Lipinski definition) is 2. The summed E-state index contributed by atoms with van der Waals surface area (Å²) in [6, 6.07) is 10.4. The zero-order valence-corrected chi connectivity index (χ0v) is 11.4. The Bertz CT molecular complexity index is 691. The van der Waals surface area contributed by atoms with Crippen molar-refractivity contribution in [3.8, 4) is 5.75 Å². The molecule has 3 rings (SSSR count). The van der Waals surface area contributed by atoms with E-state index in [1.54, 1.807) is 19.1 Å². The van der Waals surface area contributed by atoms with Crippen molar-refractivity contribution in [2.24, 2.45) is 0 Å². The van der Waals surface area contributed by atoms with Gasteiger partial charge in [0.1, 0.15) is 17.7 Å². The summed E-state index contributed by atoms with van der Waals surface area (Å²) in [4.78, 5) is 12.2. The van der Waals surface area contributed by atoms with Gasteiger partial charge in [-0.05, 0) is 49.2 Å². The minimum atomic E-state index is -0.336. The van der Waals surface area contributed by atoms with Crippen molar-refractivity contribution in [1.82, 2.24) is 0 Å². The quantitative estimate of drug-likeness (QED) is 0.778. The van der Waals surface area contributed by atoms with Crippen LogP contribution in [0.3, 0.4) is 0 Å². The van der Waals surface area contributed by atoms with Crippen LogP contribution in [0.5, 0.6) is 5.75 Å². The lowest BCUT2D eigenvalue weighted by atomic mass is 9.94. The first kappa shape index (κ1) is 12.9. The van der Waals surface area contributed by atoms with Crippen molar-refractivity contribution >= 4 is 5.78 Å². The average molecular weight is 270 g/mol. The smallest absolute Gasteiger partial charge is 0.170 e. The second-order valence-corrected chi connectivity index (χ2v) is 5.24. The molecule has 1 atom stereocenters. The largest absolute Gasteiger partial charge is 0.484 e. The number of rotatable bonds is 1. The van der Waals surface area contributed by atoms with Crippen LogP contribution in [-0.2, 0) is 0 Å². The Labute approximate surface area is 117 Å². The number of carbonyl (C=O) groups is 1. The van der Waals surface area contributed by atoms with E-state index in [1.807, 2.05) is 25.1 Å². The van der Waals surface area contributed by atoms with Gasteiger partial charge in [-0.25, -0.2) is 4.39 Å². The molecule has 1 heterocycles. The van der Waals surface area contributed by atoms with Crippen molar-refractivity contribution in [2.45, 2.75) is 26.4 Å². The van der Waals surface area contributed by atoms with E-state index < -0.39 is 0 Å². The number of ether oxygens (including phenoxy) is 1. The summed E-state index contributed by atoms with van der Waals surface area (Å²) in [7, 11) is 0. The van der Waals surface area contributed by atoms with Crippen LogP contribution in [0.25, 0.3) is 0 Å². The highest BCUT2D eigenvalue weighted by molar-refractivity contribution is 6.00. The summed E-state index contributed by atoms with van der Waals surface area (Å²) in [5, 5.41) is 0. The zero-order valence-electron chi connectivity index (χ0n) is 11.4. The third-order valence-electron chi connectivity index (χ3n) is 3.63.